The molecule has 0 saturated carbocycles. The third-order valence-electron chi connectivity index (χ3n) is 10.7. The monoisotopic (exact) mass is 619 g/mol. The van der Waals surface area contributed by atoms with Gasteiger partial charge in [0.1, 0.15) is 0 Å². The van der Waals surface area contributed by atoms with Crippen molar-refractivity contribution in [2.75, 3.05) is 0 Å². The van der Waals surface area contributed by atoms with Crippen molar-refractivity contribution in [2.24, 2.45) is 0 Å². The van der Waals surface area contributed by atoms with Gasteiger partial charge >= 0.3 is 0 Å². The first-order valence-electron chi connectivity index (χ1n) is 17.0. The minimum Gasteiger partial charge on any atom is -0.308 e. The Hall–Kier alpha value is -6.44. The smallest absolute Gasteiger partial charge is 0.0626 e. The predicted molar refractivity (Wildman–Crippen MR) is 210 cm³/mol. The summed E-state index contributed by atoms with van der Waals surface area (Å²) in [6.45, 7) is 0. The summed E-state index contributed by atoms with van der Waals surface area (Å²) >= 11 is 0. The lowest BCUT2D eigenvalue weighted by Gasteiger charge is -2.18. The molecule has 0 unspecified atom stereocenters. The Morgan fingerprint density at radius 3 is 1.51 bits per heavy atom. The van der Waals surface area contributed by atoms with Gasteiger partial charge < -0.3 is 4.40 Å². The van der Waals surface area contributed by atoms with Crippen LogP contribution in [0.2, 0.25) is 0 Å². The van der Waals surface area contributed by atoms with Gasteiger partial charge in [0.15, 0.2) is 0 Å². The van der Waals surface area contributed by atoms with E-state index in [-0.39, 0.29) is 0 Å². The molecule has 0 bridgehead atoms. The lowest BCUT2D eigenvalue weighted by atomic mass is 9.84. The van der Waals surface area contributed by atoms with Gasteiger partial charge in [0.2, 0.25) is 0 Å². The lowest BCUT2D eigenvalue weighted by molar-refractivity contribution is 1.37. The Balaban J connectivity index is 1.19. The van der Waals surface area contributed by atoms with Crippen LogP contribution in [0, 0.1) is 0 Å². The highest BCUT2D eigenvalue weighted by Gasteiger charge is 2.23. The van der Waals surface area contributed by atoms with Crippen LogP contribution >= 0.6 is 0 Å². The molecule has 0 atom stereocenters. The van der Waals surface area contributed by atoms with Gasteiger partial charge in [-0.1, -0.05) is 158 Å². The minimum atomic E-state index is 1.23. The van der Waals surface area contributed by atoms with Crippen LogP contribution in [0.5, 0.6) is 0 Å². The molecular weight excluding hydrogens is 591 g/mol. The normalized spacial score (nSPS) is 12.1. The van der Waals surface area contributed by atoms with E-state index in [9.17, 15) is 0 Å². The standard InChI is InChI=1S/C48H29N/c1-2-12-33-29-34(26-23-30(33)11-1)31-21-24-32(25-22-31)45-36-14-3-5-16-38(36)46(39-17-6-4-15-37(39)45)42-28-27-40-35-13-7-9-19-43(35)49-44-20-10-8-18-41(44)47(42)48(40)49/h1-29H. The number of hydrogen-bond acceptors (Lipinski definition) is 0. The summed E-state index contributed by atoms with van der Waals surface area (Å²) in [5.74, 6) is 0. The Morgan fingerprint density at radius 2 is 0.816 bits per heavy atom. The summed E-state index contributed by atoms with van der Waals surface area (Å²) < 4.78 is 2.48. The number of para-hydroxylation sites is 2. The highest BCUT2D eigenvalue weighted by Crippen LogP contribution is 2.49. The molecule has 0 aliphatic heterocycles. The summed E-state index contributed by atoms with van der Waals surface area (Å²) in [5, 5.41) is 12.9. The van der Waals surface area contributed by atoms with Crippen LogP contribution in [-0.2, 0) is 0 Å². The second-order valence-electron chi connectivity index (χ2n) is 13.2. The first-order chi connectivity index (χ1) is 24.3. The zero-order valence-corrected chi connectivity index (χ0v) is 26.7. The Labute approximate surface area is 283 Å². The van der Waals surface area contributed by atoms with Gasteiger partial charge in [-0.05, 0) is 83.9 Å². The van der Waals surface area contributed by atoms with E-state index in [0.29, 0.717) is 0 Å². The van der Waals surface area contributed by atoms with Crippen LogP contribution in [0.3, 0.4) is 0 Å². The second-order valence-corrected chi connectivity index (χ2v) is 13.2. The molecule has 0 amide bonds. The summed E-state index contributed by atoms with van der Waals surface area (Å²) in [5.41, 5.74) is 11.4. The Kier molecular flexibility index (Phi) is 5.45. The number of nitrogens with zero attached hydrogens (tertiary/aromatic N) is 1. The van der Waals surface area contributed by atoms with Gasteiger partial charge in [-0.2, -0.15) is 0 Å². The van der Waals surface area contributed by atoms with E-state index in [1.807, 2.05) is 0 Å². The maximum atomic E-state index is 2.48. The molecule has 1 nitrogen and oxygen atoms in total. The van der Waals surface area contributed by atoms with Crippen LogP contribution in [0.15, 0.2) is 176 Å². The second kappa shape index (κ2) is 10.0. The summed E-state index contributed by atoms with van der Waals surface area (Å²) in [4.78, 5) is 0. The molecule has 0 fully saturated rings. The third kappa shape index (κ3) is 3.70. The number of aromatic nitrogens is 1. The highest BCUT2D eigenvalue weighted by molar-refractivity contribution is 6.31. The fraction of sp³-hybridized carbons (Fsp3) is 0. The van der Waals surface area contributed by atoms with Crippen LogP contribution in [0.4, 0.5) is 0 Å². The maximum Gasteiger partial charge on any atom is 0.0626 e. The molecule has 2 heterocycles. The van der Waals surface area contributed by atoms with Gasteiger partial charge in [0.25, 0.3) is 0 Å². The maximum absolute atomic E-state index is 2.48. The van der Waals surface area contributed by atoms with E-state index in [2.05, 4.69) is 180 Å². The van der Waals surface area contributed by atoms with E-state index >= 15 is 0 Å². The summed E-state index contributed by atoms with van der Waals surface area (Å²) in [6.07, 6.45) is 0. The van der Waals surface area contributed by atoms with Crippen LogP contribution in [0.1, 0.15) is 0 Å². The van der Waals surface area contributed by atoms with E-state index in [4.69, 9.17) is 0 Å². The molecule has 0 aliphatic carbocycles. The number of hydrogen-bond donors (Lipinski definition) is 0. The molecule has 0 N–H and O–H groups in total. The van der Waals surface area contributed by atoms with Crippen LogP contribution < -0.4 is 0 Å². The summed E-state index contributed by atoms with van der Waals surface area (Å²) in [7, 11) is 0. The molecule has 0 spiro atoms. The molecule has 0 radical (unpaired) electrons. The van der Waals surface area contributed by atoms with Gasteiger partial charge in [-0.3, -0.25) is 0 Å². The molecule has 11 rings (SSSR count). The molecule has 2 aromatic heterocycles. The average Bonchev–Trinajstić information content (AvgIpc) is 3.70. The van der Waals surface area contributed by atoms with Crippen molar-refractivity contribution in [3.05, 3.63) is 176 Å². The lowest BCUT2D eigenvalue weighted by Crippen LogP contribution is -1.91. The first kappa shape index (κ1) is 26.6. The number of benzene rings is 9. The molecule has 1 heteroatoms. The van der Waals surface area contributed by atoms with Gasteiger partial charge in [-0.15, -0.1) is 0 Å². The fourth-order valence-electron chi connectivity index (χ4n) is 8.60. The molecular formula is C48H29N. The molecule has 0 saturated heterocycles. The van der Waals surface area contributed by atoms with Crippen molar-refractivity contribution in [3.8, 4) is 33.4 Å². The summed E-state index contributed by atoms with van der Waals surface area (Å²) in [6, 6.07) is 64.9. The Morgan fingerprint density at radius 1 is 0.306 bits per heavy atom. The predicted octanol–water partition coefficient (Wildman–Crippen LogP) is 13.3. The van der Waals surface area contributed by atoms with Crippen molar-refractivity contribution in [3.63, 3.8) is 0 Å². The number of rotatable bonds is 3. The van der Waals surface area contributed by atoms with Crippen molar-refractivity contribution in [1.29, 1.82) is 0 Å². The zero-order valence-electron chi connectivity index (χ0n) is 26.7. The van der Waals surface area contributed by atoms with Gasteiger partial charge in [0.05, 0.1) is 16.6 Å². The minimum absolute atomic E-state index is 1.23. The molecule has 11 aromatic rings. The van der Waals surface area contributed by atoms with E-state index in [1.54, 1.807) is 0 Å². The highest BCUT2D eigenvalue weighted by atomic mass is 14.9. The van der Waals surface area contributed by atoms with Crippen molar-refractivity contribution in [2.45, 2.75) is 0 Å². The van der Waals surface area contributed by atoms with Crippen molar-refractivity contribution in [1.82, 2.24) is 4.40 Å². The molecule has 226 valence electrons. The SMILES string of the molecule is c1ccc2cc(-c3ccc(-c4c5ccccc5c(-c5ccc6c7ccccc7n7c8ccccc8c5c67)c5ccccc45)cc3)ccc2c1. The van der Waals surface area contributed by atoms with Crippen molar-refractivity contribution >= 4 is 70.4 Å². The van der Waals surface area contributed by atoms with Crippen LogP contribution in [-0.4, -0.2) is 4.40 Å². The zero-order chi connectivity index (χ0) is 32.1. The topological polar surface area (TPSA) is 4.41 Å². The van der Waals surface area contributed by atoms with Crippen molar-refractivity contribution < 1.29 is 0 Å². The van der Waals surface area contributed by atoms with E-state index in [0.717, 1.165) is 0 Å². The van der Waals surface area contributed by atoms with E-state index < -0.39 is 0 Å². The Bertz CT molecular complexity index is 3030. The quantitative estimate of drug-likeness (QED) is 0.173. The number of fused-ring (bicyclic) bond motifs is 9. The molecule has 0 aliphatic rings. The van der Waals surface area contributed by atoms with E-state index in [1.165, 1.54) is 104 Å². The molecule has 9 aromatic carbocycles. The fourth-order valence-corrected chi connectivity index (χ4v) is 8.60. The first-order valence-corrected chi connectivity index (χ1v) is 17.0. The molecule has 49 heavy (non-hydrogen) atoms. The third-order valence-corrected chi connectivity index (χ3v) is 10.7. The van der Waals surface area contributed by atoms with Crippen LogP contribution in [0.25, 0.3) is 104 Å². The largest absolute Gasteiger partial charge is 0.308 e. The van der Waals surface area contributed by atoms with Gasteiger partial charge in [0, 0.05) is 21.5 Å². The average molecular weight is 620 g/mol. The van der Waals surface area contributed by atoms with Gasteiger partial charge in [-0.25, -0.2) is 0 Å².